The van der Waals surface area contributed by atoms with Gasteiger partial charge in [-0.3, -0.25) is 0 Å². The van der Waals surface area contributed by atoms with Gasteiger partial charge in [0.05, 0.1) is 0 Å². The Bertz CT molecular complexity index is 601. The number of ether oxygens (including phenoxy) is 1. The maximum atomic E-state index is 13.7. The second kappa shape index (κ2) is 6.86. The molecule has 0 spiro atoms. The van der Waals surface area contributed by atoms with Gasteiger partial charge in [-0.15, -0.1) is 0 Å². The third kappa shape index (κ3) is 3.81. The van der Waals surface area contributed by atoms with Gasteiger partial charge in [-0.1, -0.05) is 35.0 Å². The van der Waals surface area contributed by atoms with E-state index in [1.165, 1.54) is 6.07 Å². The van der Waals surface area contributed by atoms with Gasteiger partial charge in [0, 0.05) is 11.0 Å². The van der Waals surface area contributed by atoms with Crippen LogP contribution < -0.4 is 10.1 Å². The van der Waals surface area contributed by atoms with Crippen molar-refractivity contribution in [2.45, 2.75) is 20.4 Å². The van der Waals surface area contributed by atoms with Gasteiger partial charge >= 0.3 is 0 Å². The zero-order valence-corrected chi connectivity index (χ0v) is 13.1. The minimum atomic E-state index is -0.358. The van der Waals surface area contributed by atoms with Crippen LogP contribution in [0.25, 0.3) is 0 Å². The standard InChI is InChI=1S/C16H17BrFNO/c1-3-19-10-12-5-6-13(9-14(12)17)20-16-8-11(2)4-7-15(16)18/h4-9,19H,3,10H2,1-2H3. The maximum absolute atomic E-state index is 13.7. The normalized spacial score (nSPS) is 10.6. The molecule has 0 aromatic heterocycles. The van der Waals surface area contributed by atoms with Gasteiger partial charge in [0.1, 0.15) is 5.75 Å². The topological polar surface area (TPSA) is 21.3 Å². The lowest BCUT2D eigenvalue weighted by atomic mass is 10.2. The minimum Gasteiger partial charge on any atom is -0.454 e. The van der Waals surface area contributed by atoms with Crippen LogP contribution in [-0.2, 0) is 6.54 Å². The molecule has 4 heteroatoms. The van der Waals surface area contributed by atoms with E-state index in [4.69, 9.17) is 4.74 Å². The lowest BCUT2D eigenvalue weighted by Crippen LogP contribution is -2.11. The molecular weight excluding hydrogens is 321 g/mol. The average molecular weight is 338 g/mol. The first kappa shape index (κ1) is 15.0. The van der Waals surface area contributed by atoms with Crippen molar-refractivity contribution in [1.82, 2.24) is 5.32 Å². The zero-order valence-electron chi connectivity index (χ0n) is 11.5. The molecule has 1 N–H and O–H groups in total. The Kier molecular flexibility index (Phi) is 5.15. The van der Waals surface area contributed by atoms with Crippen LogP contribution in [0.3, 0.4) is 0 Å². The van der Waals surface area contributed by atoms with Crippen LogP contribution in [0, 0.1) is 12.7 Å². The fourth-order valence-corrected chi connectivity index (χ4v) is 2.31. The number of benzene rings is 2. The molecule has 2 nitrogen and oxygen atoms in total. The number of halogens is 2. The van der Waals surface area contributed by atoms with Gasteiger partial charge in [-0.2, -0.15) is 0 Å². The summed E-state index contributed by atoms with van der Waals surface area (Å²) in [5.41, 5.74) is 2.10. The zero-order chi connectivity index (χ0) is 14.5. The fraction of sp³-hybridized carbons (Fsp3) is 0.250. The fourth-order valence-electron chi connectivity index (χ4n) is 1.81. The summed E-state index contributed by atoms with van der Waals surface area (Å²) in [6.07, 6.45) is 0. The van der Waals surface area contributed by atoms with E-state index >= 15 is 0 Å². The number of rotatable bonds is 5. The van der Waals surface area contributed by atoms with Crippen molar-refractivity contribution in [2.24, 2.45) is 0 Å². The van der Waals surface area contributed by atoms with Gasteiger partial charge < -0.3 is 10.1 Å². The van der Waals surface area contributed by atoms with Crippen molar-refractivity contribution in [3.05, 3.63) is 57.8 Å². The Morgan fingerprint density at radius 3 is 2.70 bits per heavy atom. The Hall–Kier alpha value is -1.39. The maximum Gasteiger partial charge on any atom is 0.165 e. The molecule has 0 aliphatic carbocycles. The molecule has 0 unspecified atom stereocenters. The highest BCUT2D eigenvalue weighted by Gasteiger charge is 2.07. The largest absolute Gasteiger partial charge is 0.454 e. The molecule has 0 radical (unpaired) electrons. The van der Waals surface area contributed by atoms with Crippen LogP contribution in [0.1, 0.15) is 18.1 Å². The molecule has 0 amide bonds. The molecule has 2 aromatic rings. The first-order chi connectivity index (χ1) is 9.60. The Balaban J connectivity index is 2.17. The van der Waals surface area contributed by atoms with Crippen molar-refractivity contribution in [2.75, 3.05) is 6.54 Å². The lowest BCUT2D eigenvalue weighted by molar-refractivity contribution is 0.441. The van der Waals surface area contributed by atoms with Crippen molar-refractivity contribution in [3.63, 3.8) is 0 Å². The van der Waals surface area contributed by atoms with E-state index in [0.29, 0.717) is 5.75 Å². The second-order valence-corrected chi connectivity index (χ2v) is 5.42. The summed E-state index contributed by atoms with van der Waals surface area (Å²) in [6.45, 7) is 5.67. The van der Waals surface area contributed by atoms with Crippen LogP contribution in [0.2, 0.25) is 0 Å². The van der Waals surface area contributed by atoms with Gasteiger partial charge in [0.25, 0.3) is 0 Å². The number of hydrogen-bond acceptors (Lipinski definition) is 2. The molecule has 20 heavy (non-hydrogen) atoms. The van der Waals surface area contributed by atoms with Gasteiger partial charge in [-0.05, 0) is 48.9 Å². The summed E-state index contributed by atoms with van der Waals surface area (Å²) in [7, 11) is 0. The van der Waals surface area contributed by atoms with E-state index in [9.17, 15) is 4.39 Å². The molecule has 2 rings (SSSR count). The third-order valence-electron chi connectivity index (χ3n) is 2.90. The van der Waals surface area contributed by atoms with E-state index < -0.39 is 0 Å². The predicted octanol–water partition coefficient (Wildman–Crippen LogP) is 4.80. The molecule has 0 saturated carbocycles. The summed E-state index contributed by atoms with van der Waals surface area (Å²) in [5.74, 6) is 0.501. The molecule has 0 aliphatic heterocycles. The second-order valence-electron chi connectivity index (χ2n) is 4.57. The van der Waals surface area contributed by atoms with E-state index in [2.05, 4.69) is 28.2 Å². The Morgan fingerprint density at radius 1 is 1.20 bits per heavy atom. The Morgan fingerprint density at radius 2 is 2.00 bits per heavy atom. The minimum absolute atomic E-state index is 0.247. The molecule has 0 saturated heterocycles. The van der Waals surface area contributed by atoms with E-state index in [1.807, 2.05) is 25.1 Å². The molecule has 0 bridgehead atoms. The molecule has 0 fully saturated rings. The molecule has 0 heterocycles. The van der Waals surface area contributed by atoms with Crippen LogP contribution in [-0.4, -0.2) is 6.54 Å². The summed E-state index contributed by atoms with van der Waals surface area (Å²) in [6, 6.07) is 10.5. The van der Waals surface area contributed by atoms with Crippen LogP contribution >= 0.6 is 15.9 Å². The molecule has 0 aliphatic rings. The van der Waals surface area contributed by atoms with Crippen LogP contribution in [0.4, 0.5) is 4.39 Å². The first-order valence-corrected chi connectivity index (χ1v) is 7.32. The smallest absolute Gasteiger partial charge is 0.165 e. The quantitative estimate of drug-likeness (QED) is 0.846. The van der Waals surface area contributed by atoms with Crippen molar-refractivity contribution >= 4 is 15.9 Å². The molecule has 106 valence electrons. The number of aryl methyl sites for hydroxylation is 1. The van der Waals surface area contributed by atoms with Gasteiger partial charge in [0.15, 0.2) is 11.6 Å². The molecular formula is C16H17BrFNO. The van der Waals surface area contributed by atoms with Gasteiger partial charge in [0.2, 0.25) is 0 Å². The number of hydrogen-bond donors (Lipinski definition) is 1. The number of nitrogens with one attached hydrogen (secondary N) is 1. The third-order valence-corrected chi connectivity index (χ3v) is 3.64. The van der Waals surface area contributed by atoms with E-state index in [1.54, 1.807) is 12.1 Å². The monoisotopic (exact) mass is 337 g/mol. The average Bonchev–Trinajstić information content (AvgIpc) is 2.42. The van der Waals surface area contributed by atoms with Crippen molar-refractivity contribution in [3.8, 4) is 11.5 Å². The lowest BCUT2D eigenvalue weighted by Gasteiger charge is -2.10. The summed E-state index contributed by atoms with van der Waals surface area (Å²) in [4.78, 5) is 0. The predicted molar refractivity (Wildman–Crippen MR) is 82.7 cm³/mol. The van der Waals surface area contributed by atoms with E-state index in [-0.39, 0.29) is 11.6 Å². The van der Waals surface area contributed by atoms with Crippen LogP contribution in [0.15, 0.2) is 40.9 Å². The Labute approximate surface area is 127 Å². The molecule has 2 aromatic carbocycles. The highest BCUT2D eigenvalue weighted by atomic mass is 79.9. The summed E-state index contributed by atoms with van der Waals surface area (Å²) in [5, 5.41) is 3.26. The van der Waals surface area contributed by atoms with Gasteiger partial charge in [-0.25, -0.2) is 4.39 Å². The van der Waals surface area contributed by atoms with E-state index in [0.717, 1.165) is 28.7 Å². The van der Waals surface area contributed by atoms with Crippen molar-refractivity contribution < 1.29 is 9.13 Å². The summed E-state index contributed by atoms with van der Waals surface area (Å²) < 4.78 is 20.2. The highest BCUT2D eigenvalue weighted by molar-refractivity contribution is 9.10. The van der Waals surface area contributed by atoms with Crippen LogP contribution in [0.5, 0.6) is 11.5 Å². The molecule has 0 atom stereocenters. The SMILES string of the molecule is CCNCc1ccc(Oc2cc(C)ccc2F)cc1Br. The highest BCUT2D eigenvalue weighted by Crippen LogP contribution is 2.29. The summed E-state index contributed by atoms with van der Waals surface area (Å²) >= 11 is 3.51. The first-order valence-electron chi connectivity index (χ1n) is 6.53. The van der Waals surface area contributed by atoms with Crippen molar-refractivity contribution in [1.29, 1.82) is 0 Å².